The minimum absolute atomic E-state index is 0.472. The maximum absolute atomic E-state index is 5.82. The maximum Gasteiger partial charge on any atom is -0.00173 e. The molecule has 0 radical (unpaired) electrons. The van der Waals surface area contributed by atoms with E-state index in [1.54, 1.807) is 0 Å². The van der Waals surface area contributed by atoms with Gasteiger partial charge in [0.15, 0.2) is 0 Å². The van der Waals surface area contributed by atoms with Gasteiger partial charge in [-0.1, -0.05) is 0 Å². The van der Waals surface area contributed by atoms with Crippen molar-refractivity contribution in [3.05, 3.63) is 0 Å². The van der Waals surface area contributed by atoms with E-state index < -0.39 is 0 Å². The van der Waals surface area contributed by atoms with E-state index in [1.165, 1.54) is 25.7 Å². The average Bonchev–Trinajstić information content (AvgIpc) is 2.60. The van der Waals surface area contributed by atoms with E-state index in [0.29, 0.717) is 5.41 Å². The van der Waals surface area contributed by atoms with E-state index in [2.05, 4.69) is 0 Å². The fraction of sp³-hybridized carbons (Fsp3) is 1.00. The molecule has 4 N–H and O–H groups in total. The standard InChI is InChI=1S/C9H18N2/c10-5-8-3-7-1-2-9(8,4-7)6-11/h7-8H,1-6,10-11H2. The fourth-order valence-electron chi connectivity index (χ4n) is 3.19. The zero-order chi connectivity index (χ0) is 7.90. The summed E-state index contributed by atoms with van der Waals surface area (Å²) in [6.07, 6.45) is 5.48. The van der Waals surface area contributed by atoms with Gasteiger partial charge in [0.2, 0.25) is 0 Å². The highest BCUT2D eigenvalue weighted by atomic mass is 14.7. The van der Waals surface area contributed by atoms with Gasteiger partial charge in [-0.05, 0) is 56.0 Å². The quantitative estimate of drug-likeness (QED) is 0.615. The van der Waals surface area contributed by atoms with Crippen LogP contribution in [0.3, 0.4) is 0 Å². The molecule has 2 aliphatic rings. The molecule has 64 valence electrons. The lowest BCUT2D eigenvalue weighted by molar-refractivity contribution is 0.200. The summed E-state index contributed by atoms with van der Waals surface area (Å²) in [4.78, 5) is 0. The van der Waals surface area contributed by atoms with Crippen molar-refractivity contribution in [2.24, 2.45) is 28.7 Å². The normalized spacial score (nSPS) is 48.5. The Bertz CT molecular complexity index is 158. The van der Waals surface area contributed by atoms with Crippen LogP contribution < -0.4 is 11.5 Å². The summed E-state index contributed by atoms with van der Waals surface area (Å²) in [6.45, 7) is 1.72. The molecule has 0 aromatic heterocycles. The van der Waals surface area contributed by atoms with Crippen molar-refractivity contribution in [2.75, 3.05) is 13.1 Å². The predicted octanol–water partition coefficient (Wildman–Crippen LogP) is 0.710. The largest absolute Gasteiger partial charge is 0.330 e. The van der Waals surface area contributed by atoms with Crippen molar-refractivity contribution in [3.8, 4) is 0 Å². The lowest BCUT2D eigenvalue weighted by atomic mass is 9.75. The van der Waals surface area contributed by atoms with Crippen LogP contribution in [0.1, 0.15) is 25.7 Å². The van der Waals surface area contributed by atoms with Crippen LogP contribution in [-0.2, 0) is 0 Å². The fourth-order valence-corrected chi connectivity index (χ4v) is 3.19. The van der Waals surface area contributed by atoms with Gasteiger partial charge in [-0.15, -0.1) is 0 Å². The molecular formula is C9H18N2. The molecule has 2 bridgehead atoms. The van der Waals surface area contributed by atoms with Crippen LogP contribution in [0.5, 0.6) is 0 Å². The molecule has 0 aromatic carbocycles. The molecule has 0 aliphatic heterocycles. The van der Waals surface area contributed by atoms with Crippen LogP contribution in [-0.4, -0.2) is 13.1 Å². The molecule has 2 nitrogen and oxygen atoms in total. The highest BCUT2D eigenvalue weighted by molar-refractivity contribution is 5.02. The van der Waals surface area contributed by atoms with Gasteiger partial charge in [0, 0.05) is 0 Å². The summed E-state index contributed by atoms with van der Waals surface area (Å²) in [5, 5.41) is 0. The van der Waals surface area contributed by atoms with Gasteiger partial charge in [-0.2, -0.15) is 0 Å². The van der Waals surface area contributed by atoms with Gasteiger partial charge < -0.3 is 11.5 Å². The Kier molecular flexibility index (Phi) is 1.69. The Morgan fingerprint density at radius 2 is 2.18 bits per heavy atom. The molecule has 3 unspecified atom stereocenters. The first-order valence-electron chi connectivity index (χ1n) is 4.71. The van der Waals surface area contributed by atoms with Crippen molar-refractivity contribution in [3.63, 3.8) is 0 Å². The summed E-state index contributed by atoms with van der Waals surface area (Å²) in [7, 11) is 0. The average molecular weight is 154 g/mol. The predicted molar refractivity (Wildman–Crippen MR) is 46.0 cm³/mol. The Hall–Kier alpha value is -0.0800. The van der Waals surface area contributed by atoms with Crippen LogP contribution in [0.15, 0.2) is 0 Å². The maximum atomic E-state index is 5.82. The number of hydrogen-bond acceptors (Lipinski definition) is 2. The van der Waals surface area contributed by atoms with E-state index in [1.807, 2.05) is 0 Å². The highest BCUT2D eigenvalue weighted by Gasteiger charge is 2.50. The topological polar surface area (TPSA) is 52.0 Å². The van der Waals surface area contributed by atoms with E-state index in [9.17, 15) is 0 Å². The lowest BCUT2D eigenvalue weighted by Crippen LogP contribution is -2.37. The molecule has 0 amide bonds. The first-order chi connectivity index (χ1) is 5.30. The zero-order valence-corrected chi connectivity index (χ0v) is 7.05. The summed E-state index contributed by atoms with van der Waals surface area (Å²) in [5.41, 5.74) is 12.0. The molecule has 0 heterocycles. The van der Waals surface area contributed by atoms with Crippen LogP contribution in [0.25, 0.3) is 0 Å². The second kappa shape index (κ2) is 2.46. The Morgan fingerprint density at radius 3 is 2.64 bits per heavy atom. The minimum atomic E-state index is 0.472. The third-order valence-corrected chi connectivity index (χ3v) is 3.92. The van der Waals surface area contributed by atoms with E-state index >= 15 is 0 Å². The second-order valence-corrected chi connectivity index (χ2v) is 4.34. The van der Waals surface area contributed by atoms with Crippen LogP contribution in [0, 0.1) is 17.3 Å². The third-order valence-electron chi connectivity index (χ3n) is 3.92. The molecule has 0 saturated heterocycles. The van der Waals surface area contributed by atoms with E-state index in [0.717, 1.165) is 24.9 Å². The number of nitrogens with two attached hydrogens (primary N) is 2. The molecule has 3 atom stereocenters. The van der Waals surface area contributed by atoms with E-state index in [-0.39, 0.29) is 0 Å². The molecule has 0 spiro atoms. The van der Waals surface area contributed by atoms with Gasteiger partial charge in [0.1, 0.15) is 0 Å². The van der Waals surface area contributed by atoms with E-state index in [4.69, 9.17) is 11.5 Å². The van der Waals surface area contributed by atoms with Crippen molar-refractivity contribution in [1.29, 1.82) is 0 Å². The third kappa shape index (κ3) is 0.926. The Labute approximate surface area is 68.3 Å². The monoisotopic (exact) mass is 154 g/mol. The van der Waals surface area contributed by atoms with Crippen LogP contribution >= 0.6 is 0 Å². The van der Waals surface area contributed by atoms with Gasteiger partial charge >= 0.3 is 0 Å². The molecule has 2 saturated carbocycles. The van der Waals surface area contributed by atoms with Gasteiger partial charge in [0.25, 0.3) is 0 Å². The summed E-state index contributed by atoms with van der Waals surface area (Å²) in [5.74, 6) is 1.71. The second-order valence-electron chi connectivity index (χ2n) is 4.34. The van der Waals surface area contributed by atoms with Gasteiger partial charge in [-0.25, -0.2) is 0 Å². The summed E-state index contributed by atoms with van der Waals surface area (Å²) >= 11 is 0. The molecule has 11 heavy (non-hydrogen) atoms. The first-order valence-corrected chi connectivity index (χ1v) is 4.71. The van der Waals surface area contributed by atoms with Crippen LogP contribution in [0.2, 0.25) is 0 Å². The molecular weight excluding hydrogens is 136 g/mol. The number of hydrogen-bond donors (Lipinski definition) is 2. The summed E-state index contributed by atoms with van der Waals surface area (Å²) in [6, 6.07) is 0. The van der Waals surface area contributed by atoms with Crippen molar-refractivity contribution in [1.82, 2.24) is 0 Å². The number of rotatable bonds is 2. The molecule has 2 heteroatoms. The molecule has 2 aliphatic carbocycles. The summed E-state index contributed by atoms with van der Waals surface area (Å²) < 4.78 is 0. The molecule has 2 fully saturated rings. The Balaban J connectivity index is 2.15. The smallest absolute Gasteiger partial charge is 0.00173 e. The lowest BCUT2D eigenvalue weighted by Gasteiger charge is -2.33. The van der Waals surface area contributed by atoms with Crippen molar-refractivity contribution in [2.45, 2.75) is 25.7 Å². The molecule has 2 rings (SSSR count). The van der Waals surface area contributed by atoms with Crippen molar-refractivity contribution < 1.29 is 0 Å². The number of fused-ring (bicyclic) bond motifs is 2. The van der Waals surface area contributed by atoms with Crippen molar-refractivity contribution >= 4 is 0 Å². The van der Waals surface area contributed by atoms with Gasteiger partial charge in [0.05, 0.1) is 0 Å². The first kappa shape index (κ1) is 7.56. The SMILES string of the molecule is NCC1CC2CCC1(CN)C2. The zero-order valence-electron chi connectivity index (χ0n) is 7.05. The Morgan fingerprint density at radius 1 is 1.36 bits per heavy atom. The molecule has 0 aromatic rings. The highest BCUT2D eigenvalue weighted by Crippen LogP contribution is 2.56. The van der Waals surface area contributed by atoms with Gasteiger partial charge in [-0.3, -0.25) is 0 Å². The minimum Gasteiger partial charge on any atom is -0.330 e. The van der Waals surface area contributed by atoms with Crippen LogP contribution in [0.4, 0.5) is 0 Å².